The molecule has 2 atom stereocenters. The predicted molar refractivity (Wildman–Crippen MR) is 82.9 cm³/mol. The fourth-order valence-electron chi connectivity index (χ4n) is 3.08. The fourth-order valence-corrected chi connectivity index (χ4v) is 3.08. The molecule has 1 aliphatic heterocycles. The first-order chi connectivity index (χ1) is 9.52. The Morgan fingerprint density at radius 1 is 1.35 bits per heavy atom. The maximum atomic E-state index is 12.0. The summed E-state index contributed by atoms with van der Waals surface area (Å²) in [5, 5.41) is 6.48. The van der Waals surface area contributed by atoms with Gasteiger partial charge in [0.1, 0.15) is 0 Å². The molecule has 1 fully saturated rings. The van der Waals surface area contributed by atoms with Crippen LogP contribution in [-0.2, 0) is 11.2 Å². The lowest BCUT2D eigenvalue weighted by molar-refractivity contribution is -0.122. The van der Waals surface area contributed by atoms with Crippen molar-refractivity contribution in [3.63, 3.8) is 0 Å². The summed E-state index contributed by atoms with van der Waals surface area (Å²) < 4.78 is 0. The largest absolute Gasteiger partial charge is 0.353 e. The molecule has 0 radical (unpaired) electrons. The third-order valence-corrected chi connectivity index (χ3v) is 3.82. The van der Waals surface area contributed by atoms with Gasteiger partial charge in [-0.05, 0) is 52.1 Å². The first kappa shape index (κ1) is 15.0. The molecule has 2 rings (SSSR count). The third-order valence-electron chi connectivity index (χ3n) is 3.82. The molecule has 2 N–H and O–H groups in total. The van der Waals surface area contributed by atoms with Crippen LogP contribution in [0.4, 0.5) is 0 Å². The van der Waals surface area contributed by atoms with Crippen molar-refractivity contribution in [2.24, 2.45) is 0 Å². The quantitative estimate of drug-likeness (QED) is 0.866. The summed E-state index contributed by atoms with van der Waals surface area (Å²) in [6.45, 7) is 7.37. The molecule has 0 saturated carbocycles. The maximum Gasteiger partial charge on any atom is 0.221 e. The van der Waals surface area contributed by atoms with Gasteiger partial charge >= 0.3 is 0 Å². The minimum atomic E-state index is 0.168. The van der Waals surface area contributed by atoms with E-state index in [1.54, 1.807) is 0 Å². The molecular weight excluding hydrogens is 248 g/mol. The Hall–Kier alpha value is -1.35. The lowest BCUT2D eigenvalue weighted by Crippen LogP contribution is -2.37. The van der Waals surface area contributed by atoms with Gasteiger partial charge in [0.2, 0.25) is 5.91 Å². The average Bonchev–Trinajstić information content (AvgIpc) is 2.79. The first-order valence-corrected chi connectivity index (χ1v) is 7.63. The number of rotatable bonds is 5. The average molecular weight is 274 g/mol. The minimum absolute atomic E-state index is 0.168. The SMILES string of the molecule is Cc1cc(C)cc(CC(C)NC(=O)CC2CCCN2)c1. The van der Waals surface area contributed by atoms with Crippen LogP contribution in [0, 0.1) is 13.8 Å². The second kappa shape index (κ2) is 6.89. The molecule has 1 saturated heterocycles. The van der Waals surface area contributed by atoms with Gasteiger partial charge in [0, 0.05) is 18.5 Å². The molecule has 1 aliphatic rings. The van der Waals surface area contributed by atoms with Crippen LogP contribution in [0.5, 0.6) is 0 Å². The summed E-state index contributed by atoms with van der Waals surface area (Å²) in [5.74, 6) is 0.168. The summed E-state index contributed by atoms with van der Waals surface area (Å²) in [7, 11) is 0. The Kier molecular flexibility index (Phi) is 5.18. The predicted octanol–water partition coefficient (Wildman–Crippen LogP) is 2.49. The van der Waals surface area contributed by atoms with Crippen molar-refractivity contribution in [3.8, 4) is 0 Å². The monoisotopic (exact) mass is 274 g/mol. The minimum Gasteiger partial charge on any atom is -0.353 e. The van der Waals surface area contributed by atoms with Crippen molar-refractivity contribution in [2.45, 2.75) is 58.5 Å². The Labute approximate surface area is 122 Å². The zero-order valence-electron chi connectivity index (χ0n) is 12.8. The van der Waals surface area contributed by atoms with Crippen LogP contribution in [0.2, 0.25) is 0 Å². The topological polar surface area (TPSA) is 41.1 Å². The molecule has 110 valence electrons. The van der Waals surface area contributed by atoms with Crippen molar-refractivity contribution in [1.29, 1.82) is 0 Å². The summed E-state index contributed by atoms with van der Waals surface area (Å²) in [6, 6.07) is 7.15. The van der Waals surface area contributed by atoms with Crippen molar-refractivity contribution in [2.75, 3.05) is 6.54 Å². The van der Waals surface area contributed by atoms with E-state index >= 15 is 0 Å². The van der Waals surface area contributed by atoms with E-state index in [1.165, 1.54) is 23.1 Å². The van der Waals surface area contributed by atoms with Crippen molar-refractivity contribution in [1.82, 2.24) is 10.6 Å². The normalized spacial score (nSPS) is 19.9. The lowest BCUT2D eigenvalue weighted by atomic mass is 10.0. The zero-order chi connectivity index (χ0) is 14.5. The molecule has 2 unspecified atom stereocenters. The van der Waals surface area contributed by atoms with Gasteiger partial charge < -0.3 is 10.6 Å². The Balaban J connectivity index is 1.81. The van der Waals surface area contributed by atoms with Gasteiger partial charge in [0.05, 0.1) is 0 Å². The highest BCUT2D eigenvalue weighted by Gasteiger charge is 2.18. The number of carbonyl (C=O) groups is 1. The van der Waals surface area contributed by atoms with Gasteiger partial charge in [-0.2, -0.15) is 0 Å². The van der Waals surface area contributed by atoms with Gasteiger partial charge in [0.15, 0.2) is 0 Å². The molecule has 3 heteroatoms. The Morgan fingerprint density at radius 3 is 2.65 bits per heavy atom. The number of amides is 1. The highest BCUT2D eigenvalue weighted by molar-refractivity contribution is 5.76. The molecular formula is C17H26N2O. The van der Waals surface area contributed by atoms with E-state index in [0.717, 1.165) is 19.4 Å². The molecule has 0 bridgehead atoms. The van der Waals surface area contributed by atoms with Crippen LogP contribution in [-0.4, -0.2) is 24.5 Å². The number of carbonyl (C=O) groups excluding carboxylic acids is 1. The summed E-state index contributed by atoms with van der Waals surface area (Å²) in [4.78, 5) is 12.0. The van der Waals surface area contributed by atoms with Crippen LogP contribution < -0.4 is 10.6 Å². The second-order valence-corrected chi connectivity index (χ2v) is 6.17. The van der Waals surface area contributed by atoms with Crippen LogP contribution in [0.25, 0.3) is 0 Å². The molecule has 1 amide bonds. The van der Waals surface area contributed by atoms with Gasteiger partial charge in [-0.1, -0.05) is 29.3 Å². The zero-order valence-corrected chi connectivity index (χ0v) is 12.8. The summed E-state index contributed by atoms with van der Waals surface area (Å²) >= 11 is 0. The van der Waals surface area contributed by atoms with Crippen LogP contribution in [0.15, 0.2) is 18.2 Å². The Bertz CT molecular complexity index is 444. The third kappa shape index (κ3) is 4.64. The Morgan fingerprint density at radius 2 is 2.05 bits per heavy atom. The summed E-state index contributed by atoms with van der Waals surface area (Å²) in [6.07, 6.45) is 3.82. The standard InChI is InChI=1S/C17H26N2O/c1-12-7-13(2)9-15(8-12)10-14(3)19-17(20)11-16-5-4-6-18-16/h7-9,14,16,18H,4-6,10-11H2,1-3H3,(H,19,20). The molecule has 0 aromatic heterocycles. The summed E-state index contributed by atoms with van der Waals surface area (Å²) in [5.41, 5.74) is 3.87. The number of hydrogen-bond acceptors (Lipinski definition) is 2. The van der Waals surface area contributed by atoms with Gasteiger partial charge in [-0.15, -0.1) is 0 Å². The van der Waals surface area contributed by atoms with Gasteiger partial charge in [-0.3, -0.25) is 4.79 Å². The van der Waals surface area contributed by atoms with Crippen molar-refractivity contribution < 1.29 is 4.79 Å². The van der Waals surface area contributed by atoms with E-state index in [4.69, 9.17) is 0 Å². The number of benzene rings is 1. The highest BCUT2D eigenvalue weighted by atomic mass is 16.1. The van der Waals surface area contributed by atoms with Crippen LogP contribution in [0.3, 0.4) is 0 Å². The van der Waals surface area contributed by atoms with E-state index in [9.17, 15) is 4.79 Å². The van der Waals surface area contributed by atoms with E-state index < -0.39 is 0 Å². The van der Waals surface area contributed by atoms with Gasteiger partial charge in [0.25, 0.3) is 0 Å². The number of aryl methyl sites for hydroxylation is 2. The molecule has 3 nitrogen and oxygen atoms in total. The van der Waals surface area contributed by atoms with Gasteiger partial charge in [-0.25, -0.2) is 0 Å². The number of nitrogens with one attached hydrogen (secondary N) is 2. The molecule has 1 aromatic rings. The molecule has 0 spiro atoms. The fraction of sp³-hybridized carbons (Fsp3) is 0.588. The molecule has 20 heavy (non-hydrogen) atoms. The van der Waals surface area contributed by atoms with Crippen LogP contribution >= 0.6 is 0 Å². The van der Waals surface area contributed by atoms with E-state index in [0.29, 0.717) is 12.5 Å². The van der Waals surface area contributed by atoms with E-state index in [1.807, 2.05) is 0 Å². The van der Waals surface area contributed by atoms with E-state index in [2.05, 4.69) is 49.6 Å². The van der Waals surface area contributed by atoms with Crippen molar-refractivity contribution >= 4 is 5.91 Å². The van der Waals surface area contributed by atoms with E-state index in [-0.39, 0.29) is 11.9 Å². The highest BCUT2D eigenvalue weighted by Crippen LogP contribution is 2.12. The second-order valence-electron chi connectivity index (χ2n) is 6.17. The maximum absolute atomic E-state index is 12.0. The van der Waals surface area contributed by atoms with Crippen LogP contribution in [0.1, 0.15) is 42.9 Å². The lowest BCUT2D eigenvalue weighted by Gasteiger charge is -2.16. The smallest absolute Gasteiger partial charge is 0.221 e. The van der Waals surface area contributed by atoms with Crippen molar-refractivity contribution in [3.05, 3.63) is 34.9 Å². The first-order valence-electron chi connectivity index (χ1n) is 7.63. The molecule has 1 aromatic carbocycles. The molecule has 0 aliphatic carbocycles. The number of hydrogen-bond donors (Lipinski definition) is 2. The molecule has 1 heterocycles.